The molecule has 2 aromatic heterocycles. The molecule has 116 valence electrons. The lowest BCUT2D eigenvalue weighted by Crippen LogP contribution is -2.31. The van der Waals surface area contributed by atoms with E-state index in [1.165, 1.54) is 48.4 Å². The molecule has 0 amide bonds. The number of aromatic nitrogens is 3. The minimum atomic E-state index is 0.604. The van der Waals surface area contributed by atoms with Crippen molar-refractivity contribution in [3.8, 4) is 0 Å². The van der Waals surface area contributed by atoms with Gasteiger partial charge in [-0.25, -0.2) is 15.0 Å². The van der Waals surface area contributed by atoms with Gasteiger partial charge in [0.1, 0.15) is 10.8 Å². The van der Waals surface area contributed by atoms with Crippen LogP contribution in [0.3, 0.4) is 0 Å². The SMILES string of the molecule is c1csc(CN2CCc3nc(C4CCCCC4)ncc3C2)n1. The van der Waals surface area contributed by atoms with Crippen LogP contribution >= 0.6 is 11.3 Å². The Morgan fingerprint density at radius 1 is 1.18 bits per heavy atom. The number of fused-ring (bicyclic) bond motifs is 1. The van der Waals surface area contributed by atoms with Gasteiger partial charge in [-0.3, -0.25) is 4.90 Å². The molecule has 0 spiro atoms. The monoisotopic (exact) mass is 314 g/mol. The van der Waals surface area contributed by atoms with Crippen LogP contribution in [-0.4, -0.2) is 26.4 Å². The average molecular weight is 314 g/mol. The molecule has 2 aromatic rings. The standard InChI is InChI=1S/C17H22N4S/c1-2-4-13(5-3-1)17-19-10-14-11-21(8-6-15(14)20-17)12-16-18-7-9-22-16/h7,9-10,13H,1-6,8,11-12H2. The fraction of sp³-hybridized carbons (Fsp3) is 0.588. The zero-order valence-electron chi connectivity index (χ0n) is 12.9. The predicted octanol–water partition coefficient (Wildman–Crippen LogP) is 3.54. The smallest absolute Gasteiger partial charge is 0.131 e. The lowest BCUT2D eigenvalue weighted by molar-refractivity contribution is 0.242. The van der Waals surface area contributed by atoms with Gasteiger partial charge in [0.05, 0.1) is 6.54 Å². The van der Waals surface area contributed by atoms with Crippen LogP contribution in [0.25, 0.3) is 0 Å². The van der Waals surface area contributed by atoms with Gasteiger partial charge in [-0.2, -0.15) is 0 Å². The van der Waals surface area contributed by atoms with E-state index < -0.39 is 0 Å². The second kappa shape index (κ2) is 6.42. The molecular formula is C17H22N4S. The number of hydrogen-bond donors (Lipinski definition) is 0. The van der Waals surface area contributed by atoms with Gasteiger partial charge in [-0.15, -0.1) is 11.3 Å². The van der Waals surface area contributed by atoms with E-state index >= 15 is 0 Å². The first-order valence-corrected chi connectivity index (χ1v) is 9.22. The van der Waals surface area contributed by atoms with Crippen molar-refractivity contribution in [3.05, 3.63) is 39.9 Å². The minimum absolute atomic E-state index is 0.604. The van der Waals surface area contributed by atoms with Gasteiger partial charge in [0.2, 0.25) is 0 Å². The van der Waals surface area contributed by atoms with Crippen molar-refractivity contribution in [2.75, 3.05) is 6.54 Å². The van der Waals surface area contributed by atoms with E-state index in [4.69, 9.17) is 9.97 Å². The third-order valence-electron chi connectivity index (χ3n) is 4.84. The molecule has 5 heteroatoms. The minimum Gasteiger partial charge on any atom is -0.292 e. The summed E-state index contributed by atoms with van der Waals surface area (Å²) in [5.74, 6) is 1.71. The number of nitrogens with zero attached hydrogens (tertiary/aromatic N) is 4. The molecule has 0 unspecified atom stereocenters. The van der Waals surface area contributed by atoms with E-state index in [-0.39, 0.29) is 0 Å². The zero-order chi connectivity index (χ0) is 14.8. The Morgan fingerprint density at radius 3 is 2.91 bits per heavy atom. The summed E-state index contributed by atoms with van der Waals surface area (Å²) in [4.78, 5) is 16.5. The zero-order valence-corrected chi connectivity index (χ0v) is 13.7. The molecule has 3 heterocycles. The van der Waals surface area contributed by atoms with Crippen LogP contribution in [0.5, 0.6) is 0 Å². The molecule has 2 aliphatic rings. The molecule has 0 saturated heterocycles. The lowest BCUT2D eigenvalue weighted by Gasteiger charge is -2.28. The van der Waals surface area contributed by atoms with Crippen molar-refractivity contribution in [1.29, 1.82) is 0 Å². The second-order valence-corrected chi connectivity index (χ2v) is 7.40. The quantitative estimate of drug-likeness (QED) is 0.869. The maximum atomic E-state index is 4.92. The van der Waals surface area contributed by atoms with Gasteiger partial charge in [0.25, 0.3) is 0 Å². The van der Waals surface area contributed by atoms with Crippen LogP contribution in [-0.2, 0) is 19.5 Å². The average Bonchev–Trinajstić information content (AvgIpc) is 3.08. The van der Waals surface area contributed by atoms with Gasteiger partial charge in [-0.05, 0) is 12.8 Å². The molecule has 0 N–H and O–H groups in total. The Kier molecular flexibility index (Phi) is 4.17. The van der Waals surface area contributed by atoms with Gasteiger partial charge >= 0.3 is 0 Å². The largest absolute Gasteiger partial charge is 0.292 e. The van der Waals surface area contributed by atoms with Crippen molar-refractivity contribution in [1.82, 2.24) is 19.9 Å². The molecule has 1 saturated carbocycles. The predicted molar refractivity (Wildman–Crippen MR) is 87.8 cm³/mol. The highest BCUT2D eigenvalue weighted by Crippen LogP contribution is 2.31. The first kappa shape index (κ1) is 14.3. The summed E-state index contributed by atoms with van der Waals surface area (Å²) < 4.78 is 0. The van der Waals surface area contributed by atoms with Crippen LogP contribution in [0, 0.1) is 0 Å². The third kappa shape index (κ3) is 3.06. The summed E-state index contributed by atoms with van der Waals surface area (Å²) in [6.45, 7) is 2.98. The third-order valence-corrected chi connectivity index (χ3v) is 5.61. The van der Waals surface area contributed by atoms with E-state index in [2.05, 4.69) is 16.1 Å². The van der Waals surface area contributed by atoms with Crippen LogP contribution in [0.4, 0.5) is 0 Å². The molecule has 4 nitrogen and oxygen atoms in total. The Hall–Kier alpha value is -1.33. The van der Waals surface area contributed by atoms with E-state index in [1.54, 1.807) is 11.3 Å². The van der Waals surface area contributed by atoms with Crippen LogP contribution in [0.2, 0.25) is 0 Å². The highest BCUT2D eigenvalue weighted by molar-refractivity contribution is 7.09. The topological polar surface area (TPSA) is 41.9 Å². The van der Waals surface area contributed by atoms with Gasteiger partial charge < -0.3 is 0 Å². The molecule has 1 fully saturated rings. The second-order valence-electron chi connectivity index (χ2n) is 6.42. The summed E-state index contributed by atoms with van der Waals surface area (Å²) >= 11 is 1.74. The maximum absolute atomic E-state index is 4.92. The first-order valence-electron chi connectivity index (χ1n) is 8.34. The van der Waals surface area contributed by atoms with Crippen LogP contribution < -0.4 is 0 Å². The Labute approximate surface area is 135 Å². The summed E-state index contributed by atoms with van der Waals surface area (Å²) in [7, 11) is 0. The van der Waals surface area contributed by atoms with E-state index in [9.17, 15) is 0 Å². The van der Waals surface area contributed by atoms with E-state index in [0.29, 0.717) is 5.92 Å². The number of hydrogen-bond acceptors (Lipinski definition) is 5. The molecule has 4 rings (SSSR count). The fourth-order valence-corrected chi connectivity index (χ4v) is 4.26. The molecule has 22 heavy (non-hydrogen) atoms. The Bertz CT molecular complexity index is 620. The van der Waals surface area contributed by atoms with E-state index in [1.807, 2.05) is 11.6 Å². The van der Waals surface area contributed by atoms with Crippen LogP contribution in [0.15, 0.2) is 17.8 Å². The molecule has 0 atom stereocenters. The molecule has 1 aliphatic carbocycles. The molecule has 0 aromatic carbocycles. The molecule has 0 bridgehead atoms. The Balaban J connectivity index is 1.46. The molecular weight excluding hydrogens is 292 g/mol. The normalized spacial score (nSPS) is 20.0. The van der Waals surface area contributed by atoms with E-state index in [0.717, 1.165) is 31.9 Å². The van der Waals surface area contributed by atoms with Crippen LogP contribution in [0.1, 0.15) is 60.1 Å². The van der Waals surface area contributed by atoms with Crippen molar-refractivity contribution in [3.63, 3.8) is 0 Å². The van der Waals surface area contributed by atoms with Gasteiger partial charge in [0.15, 0.2) is 0 Å². The van der Waals surface area contributed by atoms with Crippen molar-refractivity contribution in [2.45, 2.75) is 57.5 Å². The van der Waals surface area contributed by atoms with Crippen molar-refractivity contribution in [2.24, 2.45) is 0 Å². The summed E-state index contributed by atoms with van der Waals surface area (Å²) in [6, 6.07) is 0. The molecule has 1 aliphatic heterocycles. The Morgan fingerprint density at radius 2 is 2.09 bits per heavy atom. The maximum Gasteiger partial charge on any atom is 0.131 e. The molecule has 0 radical (unpaired) electrons. The first-order chi connectivity index (χ1) is 10.9. The number of rotatable bonds is 3. The lowest BCUT2D eigenvalue weighted by atomic mass is 9.88. The fourth-order valence-electron chi connectivity index (χ4n) is 3.60. The number of thiazole rings is 1. The van der Waals surface area contributed by atoms with Gasteiger partial charge in [-0.1, -0.05) is 19.3 Å². The summed E-state index contributed by atoms with van der Waals surface area (Å²) in [5.41, 5.74) is 2.59. The van der Waals surface area contributed by atoms with Gasteiger partial charge in [0, 0.05) is 54.5 Å². The summed E-state index contributed by atoms with van der Waals surface area (Å²) in [5, 5.41) is 3.25. The van der Waals surface area contributed by atoms with Crippen molar-refractivity contribution < 1.29 is 0 Å². The van der Waals surface area contributed by atoms with Crippen molar-refractivity contribution >= 4 is 11.3 Å². The highest BCUT2D eigenvalue weighted by atomic mass is 32.1. The highest BCUT2D eigenvalue weighted by Gasteiger charge is 2.22. The summed E-state index contributed by atoms with van der Waals surface area (Å²) in [6.07, 6.45) is 11.6.